The number of ether oxygens (including phenoxy) is 2. The molecule has 3 rings (SSSR count). The summed E-state index contributed by atoms with van der Waals surface area (Å²) in [5.41, 5.74) is 1.44. The Morgan fingerprint density at radius 2 is 1.61 bits per heavy atom. The maximum atomic E-state index is 12.5. The van der Waals surface area contributed by atoms with Gasteiger partial charge in [0.15, 0.2) is 11.5 Å². The van der Waals surface area contributed by atoms with Gasteiger partial charge in [0, 0.05) is 5.56 Å². The van der Waals surface area contributed by atoms with E-state index in [0.29, 0.717) is 30.3 Å². The van der Waals surface area contributed by atoms with Crippen molar-refractivity contribution in [1.82, 2.24) is 10.6 Å². The van der Waals surface area contributed by atoms with Gasteiger partial charge in [-0.3, -0.25) is 9.59 Å². The molecule has 0 saturated heterocycles. The molecule has 162 valence electrons. The Morgan fingerprint density at radius 1 is 0.903 bits per heavy atom. The molecule has 0 fully saturated rings. The van der Waals surface area contributed by atoms with E-state index in [1.165, 1.54) is 0 Å². The molecule has 31 heavy (non-hydrogen) atoms. The molecule has 6 nitrogen and oxygen atoms in total. The van der Waals surface area contributed by atoms with Crippen LogP contribution in [0.2, 0.25) is 0 Å². The molecule has 0 aliphatic heterocycles. The summed E-state index contributed by atoms with van der Waals surface area (Å²) in [5, 5.41) is 7.84. The van der Waals surface area contributed by atoms with Crippen molar-refractivity contribution in [2.75, 3.05) is 19.8 Å². The minimum atomic E-state index is -0.350. The summed E-state index contributed by atoms with van der Waals surface area (Å²) in [6.45, 7) is 6.52. The number of amides is 2. The van der Waals surface area contributed by atoms with Crippen LogP contribution in [0.15, 0.2) is 60.7 Å². The van der Waals surface area contributed by atoms with Crippen LogP contribution in [0.25, 0.3) is 10.8 Å². The molecule has 3 aromatic carbocycles. The Hall–Kier alpha value is -3.54. The number of fused-ring (bicyclic) bond motifs is 1. The van der Waals surface area contributed by atoms with Crippen molar-refractivity contribution in [3.63, 3.8) is 0 Å². The predicted octanol–water partition coefficient (Wildman–Crippen LogP) is 4.24. The minimum Gasteiger partial charge on any atom is -0.490 e. The highest BCUT2D eigenvalue weighted by molar-refractivity contribution is 5.97. The van der Waals surface area contributed by atoms with Gasteiger partial charge in [0.05, 0.1) is 25.8 Å². The lowest BCUT2D eigenvalue weighted by molar-refractivity contribution is -0.120. The Morgan fingerprint density at radius 3 is 2.39 bits per heavy atom. The zero-order chi connectivity index (χ0) is 22.2. The van der Waals surface area contributed by atoms with Gasteiger partial charge in [0.2, 0.25) is 5.91 Å². The van der Waals surface area contributed by atoms with E-state index in [1.807, 2.05) is 63.2 Å². The zero-order valence-corrected chi connectivity index (χ0v) is 18.1. The van der Waals surface area contributed by atoms with Crippen LogP contribution >= 0.6 is 0 Å². The fourth-order valence-corrected chi connectivity index (χ4v) is 3.45. The number of hydrogen-bond acceptors (Lipinski definition) is 4. The smallest absolute Gasteiger partial charge is 0.251 e. The van der Waals surface area contributed by atoms with Gasteiger partial charge in [-0.15, -0.1) is 0 Å². The molecule has 0 heterocycles. The van der Waals surface area contributed by atoms with Crippen LogP contribution in [0, 0.1) is 0 Å². The normalized spacial score (nSPS) is 11.6. The van der Waals surface area contributed by atoms with Gasteiger partial charge in [-0.1, -0.05) is 42.5 Å². The number of rotatable bonds is 9. The van der Waals surface area contributed by atoms with Crippen LogP contribution in [-0.4, -0.2) is 31.6 Å². The van der Waals surface area contributed by atoms with Gasteiger partial charge in [-0.2, -0.15) is 0 Å². The lowest BCUT2D eigenvalue weighted by Gasteiger charge is -2.17. The van der Waals surface area contributed by atoms with Crippen LogP contribution in [-0.2, 0) is 4.79 Å². The van der Waals surface area contributed by atoms with Gasteiger partial charge in [-0.25, -0.2) is 0 Å². The number of hydrogen-bond donors (Lipinski definition) is 2. The quantitative estimate of drug-likeness (QED) is 0.543. The summed E-state index contributed by atoms with van der Waals surface area (Å²) in [6, 6.07) is 18.9. The molecule has 0 aliphatic carbocycles. The first kappa shape index (κ1) is 22.2. The topological polar surface area (TPSA) is 76.7 Å². The van der Waals surface area contributed by atoms with E-state index in [4.69, 9.17) is 9.47 Å². The second-order valence-electron chi connectivity index (χ2n) is 7.07. The van der Waals surface area contributed by atoms with E-state index < -0.39 is 0 Å². The maximum absolute atomic E-state index is 12.5. The van der Waals surface area contributed by atoms with Gasteiger partial charge >= 0.3 is 0 Å². The van der Waals surface area contributed by atoms with Crippen LogP contribution in [0.3, 0.4) is 0 Å². The molecule has 0 bridgehead atoms. The Kier molecular flexibility index (Phi) is 7.49. The predicted molar refractivity (Wildman–Crippen MR) is 122 cm³/mol. The number of carbonyl (C=O) groups excluding carboxylic acids is 2. The summed E-state index contributed by atoms with van der Waals surface area (Å²) in [6.07, 6.45) is 0. The molecule has 1 atom stereocenters. The third kappa shape index (κ3) is 5.54. The molecule has 3 aromatic rings. The fraction of sp³-hybridized carbons (Fsp3) is 0.280. The van der Waals surface area contributed by atoms with Gasteiger partial charge < -0.3 is 20.1 Å². The zero-order valence-electron chi connectivity index (χ0n) is 18.1. The van der Waals surface area contributed by atoms with Gasteiger partial charge in [0.1, 0.15) is 0 Å². The third-order valence-electron chi connectivity index (χ3n) is 4.88. The highest BCUT2D eigenvalue weighted by Gasteiger charge is 2.15. The molecule has 0 aromatic heterocycles. The average Bonchev–Trinajstić information content (AvgIpc) is 2.78. The first-order chi connectivity index (χ1) is 15.0. The van der Waals surface area contributed by atoms with Crippen molar-refractivity contribution in [3.8, 4) is 11.5 Å². The largest absolute Gasteiger partial charge is 0.490 e. The number of carbonyl (C=O) groups is 2. The van der Waals surface area contributed by atoms with Crippen LogP contribution in [0.1, 0.15) is 42.7 Å². The molecule has 0 radical (unpaired) electrons. The second kappa shape index (κ2) is 10.5. The molecule has 2 amide bonds. The molecule has 2 N–H and O–H groups in total. The van der Waals surface area contributed by atoms with Crippen LogP contribution in [0.5, 0.6) is 11.5 Å². The summed E-state index contributed by atoms with van der Waals surface area (Å²) in [5.74, 6) is 0.482. The van der Waals surface area contributed by atoms with E-state index in [-0.39, 0.29) is 24.4 Å². The summed E-state index contributed by atoms with van der Waals surface area (Å²) < 4.78 is 11.1. The monoisotopic (exact) mass is 420 g/mol. The lowest BCUT2D eigenvalue weighted by atomic mass is 10.00. The van der Waals surface area contributed by atoms with E-state index in [1.54, 1.807) is 18.2 Å². The van der Waals surface area contributed by atoms with Crippen LogP contribution in [0.4, 0.5) is 0 Å². The molecule has 1 unspecified atom stereocenters. The van der Waals surface area contributed by atoms with E-state index >= 15 is 0 Å². The number of benzene rings is 3. The highest BCUT2D eigenvalue weighted by Crippen LogP contribution is 2.28. The van der Waals surface area contributed by atoms with Crippen molar-refractivity contribution in [1.29, 1.82) is 0 Å². The van der Waals surface area contributed by atoms with Gasteiger partial charge in [0.25, 0.3) is 5.91 Å². The minimum absolute atomic E-state index is 0.120. The molecule has 0 spiro atoms. The molecule has 6 heteroatoms. The van der Waals surface area contributed by atoms with Crippen molar-refractivity contribution in [2.45, 2.75) is 26.8 Å². The van der Waals surface area contributed by atoms with Crippen molar-refractivity contribution in [2.24, 2.45) is 0 Å². The molecular formula is C25H28N2O4. The summed E-state index contributed by atoms with van der Waals surface area (Å²) >= 11 is 0. The van der Waals surface area contributed by atoms with E-state index in [0.717, 1.165) is 16.3 Å². The van der Waals surface area contributed by atoms with Crippen LogP contribution < -0.4 is 20.1 Å². The Labute approximate surface area is 182 Å². The molecular weight excluding hydrogens is 392 g/mol. The standard InChI is InChI=1S/C25H28N2O4/c1-4-30-22-14-13-19(15-23(22)31-5-2)25(29)26-16-24(28)27-17(3)20-12-8-10-18-9-6-7-11-21(18)20/h6-15,17H,4-5,16H2,1-3H3,(H,26,29)(H,27,28). The van der Waals surface area contributed by atoms with Crippen molar-refractivity contribution < 1.29 is 19.1 Å². The van der Waals surface area contributed by atoms with Crippen molar-refractivity contribution >= 4 is 22.6 Å². The van der Waals surface area contributed by atoms with Gasteiger partial charge in [-0.05, 0) is 55.3 Å². The average molecular weight is 421 g/mol. The summed E-state index contributed by atoms with van der Waals surface area (Å²) in [4.78, 5) is 25.0. The third-order valence-corrected chi connectivity index (χ3v) is 4.88. The molecule has 0 aliphatic rings. The molecule has 0 saturated carbocycles. The maximum Gasteiger partial charge on any atom is 0.251 e. The van der Waals surface area contributed by atoms with E-state index in [2.05, 4.69) is 10.6 Å². The first-order valence-electron chi connectivity index (χ1n) is 10.5. The highest BCUT2D eigenvalue weighted by atomic mass is 16.5. The first-order valence-corrected chi connectivity index (χ1v) is 10.5. The Bertz CT molecular complexity index is 1060. The Balaban J connectivity index is 1.61. The summed E-state index contributed by atoms with van der Waals surface area (Å²) in [7, 11) is 0. The lowest BCUT2D eigenvalue weighted by Crippen LogP contribution is -2.38. The second-order valence-corrected chi connectivity index (χ2v) is 7.07. The van der Waals surface area contributed by atoms with E-state index in [9.17, 15) is 9.59 Å². The fourth-order valence-electron chi connectivity index (χ4n) is 3.45. The number of nitrogens with one attached hydrogen (secondary N) is 2. The SMILES string of the molecule is CCOc1ccc(C(=O)NCC(=O)NC(C)c2cccc3ccccc23)cc1OCC. The van der Waals surface area contributed by atoms with Crippen molar-refractivity contribution in [3.05, 3.63) is 71.8 Å².